The van der Waals surface area contributed by atoms with E-state index in [9.17, 15) is 5.11 Å². The normalized spacial score (nSPS) is 11.6. The molecule has 0 fully saturated rings. The lowest BCUT2D eigenvalue weighted by molar-refractivity contribution is 0.275. The van der Waals surface area contributed by atoms with Gasteiger partial charge in [0.1, 0.15) is 5.69 Å². The zero-order chi connectivity index (χ0) is 14.8. The number of aromatic amines is 1. The first kappa shape index (κ1) is 13.8. The predicted molar refractivity (Wildman–Crippen MR) is 81.9 cm³/mol. The van der Waals surface area contributed by atoms with Gasteiger partial charge in [0, 0.05) is 30.1 Å². The maximum absolute atomic E-state index is 9.48. The van der Waals surface area contributed by atoms with E-state index in [-0.39, 0.29) is 6.61 Å². The van der Waals surface area contributed by atoms with E-state index in [0.29, 0.717) is 11.6 Å². The number of fused-ring (bicyclic) bond motifs is 1. The largest absolute Gasteiger partial charge is 0.390 e. The number of aliphatic hydroxyl groups is 1. The fourth-order valence-electron chi connectivity index (χ4n) is 2.64. The van der Waals surface area contributed by atoms with Crippen LogP contribution in [0.2, 0.25) is 0 Å². The number of aromatic nitrogens is 4. The molecule has 3 aromatic rings. The van der Waals surface area contributed by atoms with Crippen LogP contribution in [0.25, 0.3) is 10.9 Å². The van der Waals surface area contributed by atoms with Crippen molar-refractivity contribution < 1.29 is 5.11 Å². The Morgan fingerprint density at radius 2 is 2.10 bits per heavy atom. The van der Waals surface area contributed by atoms with Gasteiger partial charge in [-0.15, -0.1) is 5.10 Å². The van der Waals surface area contributed by atoms with Crippen LogP contribution in [0.5, 0.6) is 0 Å². The highest BCUT2D eigenvalue weighted by atomic mass is 16.3. The molecule has 2 aromatic heterocycles. The summed E-state index contributed by atoms with van der Waals surface area (Å²) < 4.78 is 1.91. The second kappa shape index (κ2) is 5.69. The maximum Gasteiger partial charge on any atom is 0.112 e. The van der Waals surface area contributed by atoms with E-state index in [1.54, 1.807) is 0 Å². The molecule has 2 heterocycles. The van der Waals surface area contributed by atoms with Gasteiger partial charge in [-0.05, 0) is 17.5 Å². The highest BCUT2D eigenvalue weighted by Crippen LogP contribution is 2.22. The van der Waals surface area contributed by atoms with E-state index < -0.39 is 0 Å². The van der Waals surface area contributed by atoms with Crippen LogP contribution in [-0.4, -0.2) is 25.1 Å². The molecule has 0 radical (unpaired) electrons. The average molecular weight is 284 g/mol. The van der Waals surface area contributed by atoms with Gasteiger partial charge in [-0.25, -0.2) is 4.68 Å². The molecular formula is C16H20N4O. The summed E-state index contributed by atoms with van der Waals surface area (Å²) in [6.07, 6.45) is 2.75. The summed E-state index contributed by atoms with van der Waals surface area (Å²) in [5.74, 6) is 0.486. The highest BCUT2D eigenvalue weighted by Gasteiger charge is 2.15. The minimum atomic E-state index is -0.0736. The lowest BCUT2D eigenvalue weighted by atomic mass is 10.1. The third kappa shape index (κ3) is 2.69. The first-order valence-corrected chi connectivity index (χ1v) is 7.26. The van der Waals surface area contributed by atoms with E-state index in [1.165, 1.54) is 10.9 Å². The molecule has 0 bridgehead atoms. The van der Waals surface area contributed by atoms with E-state index >= 15 is 0 Å². The molecule has 0 aliphatic rings. The monoisotopic (exact) mass is 284 g/mol. The minimum absolute atomic E-state index is 0.0736. The number of para-hydroxylation sites is 1. The summed E-state index contributed by atoms with van der Waals surface area (Å²) in [6, 6.07) is 8.23. The van der Waals surface area contributed by atoms with Gasteiger partial charge in [0.15, 0.2) is 0 Å². The molecule has 0 saturated carbocycles. The Labute approximate surface area is 123 Å². The van der Waals surface area contributed by atoms with Gasteiger partial charge in [0.25, 0.3) is 0 Å². The van der Waals surface area contributed by atoms with Crippen LogP contribution in [0.1, 0.15) is 30.8 Å². The number of nitrogens with one attached hydrogen (secondary N) is 1. The smallest absolute Gasteiger partial charge is 0.112 e. The highest BCUT2D eigenvalue weighted by molar-refractivity contribution is 5.83. The summed E-state index contributed by atoms with van der Waals surface area (Å²) >= 11 is 0. The Morgan fingerprint density at radius 3 is 2.86 bits per heavy atom. The Hall–Kier alpha value is -2.14. The first-order valence-electron chi connectivity index (χ1n) is 7.26. The molecule has 0 unspecified atom stereocenters. The number of hydrogen-bond donors (Lipinski definition) is 2. The first-order chi connectivity index (χ1) is 10.2. The second-order valence-corrected chi connectivity index (χ2v) is 5.75. The molecule has 110 valence electrons. The third-order valence-electron chi connectivity index (χ3n) is 3.64. The van der Waals surface area contributed by atoms with E-state index in [4.69, 9.17) is 0 Å². The van der Waals surface area contributed by atoms with E-state index in [2.05, 4.69) is 41.3 Å². The average Bonchev–Trinajstić information content (AvgIpc) is 3.04. The lowest BCUT2D eigenvalue weighted by Gasteiger charge is -2.09. The van der Waals surface area contributed by atoms with Gasteiger partial charge in [-0.2, -0.15) is 0 Å². The van der Waals surface area contributed by atoms with Crippen LogP contribution in [0.4, 0.5) is 0 Å². The summed E-state index contributed by atoms with van der Waals surface area (Å²) in [6.45, 7) is 5.03. The molecule has 5 nitrogen and oxygen atoms in total. The predicted octanol–water partition coefficient (Wildman–Crippen LogP) is 2.50. The van der Waals surface area contributed by atoms with E-state index in [1.807, 2.05) is 23.0 Å². The van der Waals surface area contributed by atoms with Crippen LogP contribution in [0, 0.1) is 5.92 Å². The Morgan fingerprint density at radius 1 is 1.29 bits per heavy atom. The molecule has 0 atom stereocenters. The lowest BCUT2D eigenvalue weighted by Crippen LogP contribution is -2.11. The van der Waals surface area contributed by atoms with Gasteiger partial charge >= 0.3 is 0 Å². The molecule has 2 N–H and O–H groups in total. The van der Waals surface area contributed by atoms with Crippen molar-refractivity contribution in [3.8, 4) is 0 Å². The Kier molecular flexibility index (Phi) is 3.75. The Bertz CT molecular complexity index is 742. The van der Waals surface area contributed by atoms with Gasteiger partial charge in [0.05, 0.1) is 12.3 Å². The molecule has 1 aromatic carbocycles. The minimum Gasteiger partial charge on any atom is -0.390 e. The summed E-state index contributed by atoms with van der Waals surface area (Å²) in [7, 11) is 0. The van der Waals surface area contributed by atoms with Crippen molar-refractivity contribution >= 4 is 10.9 Å². The molecule has 0 saturated heterocycles. The summed E-state index contributed by atoms with van der Waals surface area (Å²) in [5.41, 5.74) is 3.99. The molecule has 0 aliphatic carbocycles. The molecule has 0 aliphatic heterocycles. The molecule has 3 rings (SSSR count). The fourth-order valence-corrected chi connectivity index (χ4v) is 2.64. The Balaban J connectivity index is 1.98. The number of aliphatic hydroxyl groups excluding tert-OH is 1. The molecule has 21 heavy (non-hydrogen) atoms. The number of hydrogen-bond acceptors (Lipinski definition) is 3. The maximum atomic E-state index is 9.48. The number of rotatable bonds is 5. The van der Waals surface area contributed by atoms with Crippen LogP contribution >= 0.6 is 0 Å². The summed E-state index contributed by atoms with van der Waals surface area (Å²) in [4.78, 5) is 3.29. The van der Waals surface area contributed by atoms with Crippen molar-refractivity contribution in [3.05, 3.63) is 47.4 Å². The molecule has 0 amide bonds. The third-order valence-corrected chi connectivity index (χ3v) is 3.64. The zero-order valence-electron chi connectivity index (χ0n) is 12.4. The van der Waals surface area contributed by atoms with Gasteiger partial charge < -0.3 is 10.1 Å². The SMILES string of the molecule is CC(C)Cn1nnc(CO)c1Cc1c[nH]c2ccccc12. The molecule has 0 spiro atoms. The molecular weight excluding hydrogens is 264 g/mol. The van der Waals surface area contributed by atoms with E-state index in [0.717, 1.165) is 24.2 Å². The van der Waals surface area contributed by atoms with Gasteiger partial charge in [0.2, 0.25) is 0 Å². The van der Waals surface area contributed by atoms with Crippen LogP contribution in [0.3, 0.4) is 0 Å². The quantitative estimate of drug-likeness (QED) is 0.756. The van der Waals surface area contributed by atoms with Crippen molar-refractivity contribution in [2.45, 2.75) is 33.4 Å². The topological polar surface area (TPSA) is 66.7 Å². The van der Waals surface area contributed by atoms with Gasteiger partial charge in [-0.1, -0.05) is 37.3 Å². The number of nitrogens with zero attached hydrogens (tertiary/aromatic N) is 3. The number of benzene rings is 1. The van der Waals surface area contributed by atoms with Crippen molar-refractivity contribution in [1.29, 1.82) is 0 Å². The molecule has 5 heteroatoms. The number of H-pyrrole nitrogens is 1. The van der Waals surface area contributed by atoms with Gasteiger partial charge in [-0.3, -0.25) is 0 Å². The zero-order valence-corrected chi connectivity index (χ0v) is 12.4. The van der Waals surface area contributed by atoms with Crippen LogP contribution < -0.4 is 0 Å². The second-order valence-electron chi connectivity index (χ2n) is 5.75. The summed E-state index contributed by atoms with van der Waals surface area (Å²) in [5, 5.41) is 19.0. The van der Waals surface area contributed by atoms with Crippen molar-refractivity contribution in [2.24, 2.45) is 5.92 Å². The standard InChI is InChI=1S/C16H20N4O/c1-11(2)9-20-16(15(10-21)18-19-20)7-12-8-17-14-6-4-3-5-13(12)14/h3-6,8,11,17,21H,7,9-10H2,1-2H3. The van der Waals surface area contributed by atoms with Crippen molar-refractivity contribution in [3.63, 3.8) is 0 Å². The fraction of sp³-hybridized carbons (Fsp3) is 0.375. The van der Waals surface area contributed by atoms with Crippen LogP contribution in [-0.2, 0) is 19.6 Å². The van der Waals surface area contributed by atoms with Crippen molar-refractivity contribution in [2.75, 3.05) is 0 Å². The van der Waals surface area contributed by atoms with Crippen LogP contribution in [0.15, 0.2) is 30.5 Å². The van der Waals surface area contributed by atoms with Crippen molar-refractivity contribution in [1.82, 2.24) is 20.0 Å².